The van der Waals surface area contributed by atoms with Crippen molar-refractivity contribution in [1.82, 2.24) is 4.98 Å². The molecule has 0 amide bonds. The lowest BCUT2D eigenvalue weighted by Gasteiger charge is -2.09. The van der Waals surface area contributed by atoms with E-state index < -0.39 is 25.5 Å². The van der Waals surface area contributed by atoms with Gasteiger partial charge in [-0.25, -0.2) is 13.4 Å². The van der Waals surface area contributed by atoms with Gasteiger partial charge in [-0.15, -0.1) is 11.3 Å². The van der Waals surface area contributed by atoms with Crippen LogP contribution in [-0.2, 0) is 10.0 Å². The first kappa shape index (κ1) is 19.8. The van der Waals surface area contributed by atoms with Crippen LogP contribution in [0.4, 0.5) is 10.8 Å². The summed E-state index contributed by atoms with van der Waals surface area (Å²) in [7, 11) is -4.14. The highest BCUT2D eigenvalue weighted by atomic mass is 32.2. The van der Waals surface area contributed by atoms with Crippen LogP contribution in [0.25, 0.3) is 11.3 Å². The average molecular weight is 419 g/mol. The van der Waals surface area contributed by atoms with Crippen molar-refractivity contribution in [2.75, 3.05) is 4.72 Å². The number of nitro groups is 1. The second-order valence-corrected chi connectivity index (χ2v) is 8.57. The van der Waals surface area contributed by atoms with Crippen molar-refractivity contribution < 1.29 is 18.1 Å². The Morgan fingerprint density at radius 1 is 1.14 bits per heavy atom. The summed E-state index contributed by atoms with van der Waals surface area (Å²) in [6.07, 6.45) is 0.0631. The molecular weight excluding hydrogens is 402 g/mol. The summed E-state index contributed by atoms with van der Waals surface area (Å²) in [5, 5.41) is 12.9. The summed E-state index contributed by atoms with van der Waals surface area (Å²) < 4.78 is 33.0. The Balaban J connectivity index is 1.82. The number of nitrogens with one attached hydrogen (secondary N) is 1. The minimum absolute atomic E-state index is 0.0631. The number of rotatable bonds is 7. The zero-order valence-corrected chi connectivity index (χ0v) is 16.7. The molecule has 0 saturated carbocycles. The standard InChI is InChI=1S/C18H17N3O5S2/c1-12(2)26-14-9-7-13(8-10-14)15-11-27-18(19-15)20-28(24,25)17-6-4-3-5-16(17)21(22)23/h3-12H,1-2H3,(H,19,20). The molecule has 1 N–H and O–H groups in total. The Morgan fingerprint density at radius 2 is 1.82 bits per heavy atom. The Hall–Kier alpha value is -2.98. The van der Waals surface area contributed by atoms with Crippen LogP contribution in [0.1, 0.15) is 13.8 Å². The summed E-state index contributed by atoms with van der Waals surface area (Å²) in [4.78, 5) is 14.2. The van der Waals surface area contributed by atoms with E-state index in [0.29, 0.717) is 5.69 Å². The highest BCUT2D eigenvalue weighted by Gasteiger charge is 2.26. The Kier molecular flexibility index (Phi) is 5.61. The number of thiazole rings is 1. The fraction of sp³-hybridized carbons (Fsp3) is 0.167. The van der Waals surface area contributed by atoms with E-state index >= 15 is 0 Å². The van der Waals surface area contributed by atoms with Gasteiger partial charge in [-0.1, -0.05) is 12.1 Å². The molecular formula is C18H17N3O5S2. The van der Waals surface area contributed by atoms with Crippen molar-refractivity contribution in [3.8, 4) is 17.0 Å². The van der Waals surface area contributed by atoms with E-state index in [1.54, 1.807) is 5.38 Å². The molecule has 28 heavy (non-hydrogen) atoms. The van der Waals surface area contributed by atoms with Crippen LogP contribution in [0.2, 0.25) is 0 Å². The first-order valence-electron chi connectivity index (χ1n) is 8.25. The molecule has 3 aromatic rings. The molecule has 0 aliphatic rings. The van der Waals surface area contributed by atoms with Gasteiger partial charge >= 0.3 is 0 Å². The molecule has 2 aromatic carbocycles. The third-order valence-electron chi connectivity index (χ3n) is 3.60. The largest absolute Gasteiger partial charge is 0.491 e. The number of hydrogen-bond acceptors (Lipinski definition) is 7. The van der Waals surface area contributed by atoms with E-state index in [4.69, 9.17) is 4.74 Å². The highest BCUT2D eigenvalue weighted by Crippen LogP contribution is 2.30. The molecule has 0 saturated heterocycles. The smallest absolute Gasteiger partial charge is 0.289 e. The second-order valence-electron chi connectivity index (χ2n) is 6.06. The van der Waals surface area contributed by atoms with Crippen LogP contribution in [-0.4, -0.2) is 24.4 Å². The monoisotopic (exact) mass is 419 g/mol. The van der Waals surface area contributed by atoms with Gasteiger partial charge in [-0.2, -0.15) is 0 Å². The molecule has 146 valence electrons. The van der Waals surface area contributed by atoms with E-state index in [9.17, 15) is 18.5 Å². The predicted molar refractivity (Wildman–Crippen MR) is 107 cm³/mol. The van der Waals surface area contributed by atoms with Gasteiger partial charge < -0.3 is 4.74 Å². The van der Waals surface area contributed by atoms with Crippen molar-refractivity contribution in [2.45, 2.75) is 24.8 Å². The molecule has 1 aromatic heterocycles. The molecule has 0 unspecified atom stereocenters. The molecule has 0 fully saturated rings. The van der Waals surface area contributed by atoms with Gasteiger partial charge in [0.2, 0.25) is 0 Å². The van der Waals surface area contributed by atoms with Gasteiger partial charge in [0.05, 0.1) is 16.7 Å². The minimum atomic E-state index is -4.14. The lowest BCUT2D eigenvalue weighted by atomic mass is 10.2. The maximum Gasteiger partial charge on any atom is 0.289 e. The topological polar surface area (TPSA) is 111 Å². The third kappa shape index (κ3) is 4.46. The van der Waals surface area contributed by atoms with Crippen LogP contribution in [0.3, 0.4) is 0 Å². The van der Waals surface area contributed by atoms with Crippen LogP contribution in [0.15, 0.2) is 58.8 Å². The number of nitrogens with zero attached hydrogens (tertiary/aromatic N) is 2. The number of ether oxygens (including phenoxy) is 1. The number of nitro benzene ring substituents is 1. The van der Waals surface area contributed by atoms with Gasteiger partial charge in [0.15, 0.2) is 10.0 Å². The highest BCUT2D eigenvalue weighted by molar-refractivity contribution is 7.93. The van der Waals surface area contributed by atoms with Crippen LogP contribution in [0.5, 0.6) is 5.75 Å². The maximum atomic E-state index is 12.6. The van der Waals surface area contributed by atoms with Gasteiger partial charge in [-0.3, -0.25) is 14.8 Å². The summed E-state index contributed by atoms with van der Waals surface area (Å²) in [5.41, 5.74) is 0.886. The fourth-order valence-corrected chi connectivity index (χ4v) is 4.58. The molecule has 8 nitrogen and oxygen atoms in total. The zero-order chi connectivity index (χ0) is 20.3. The first-order valence-corrected chi connectivity index (χ1v) is 10.6. The van der Waals surface area contributed by atoms with E-state index in [1.807, 2.05) is 38.1 Å². The van der Waals surface area contributed by atoms with Crippen LogP contribution >= 0.6 is 11.3 Å². The molecule has 0 spiro atoms. The molecule has 0 radical (unpaired) electrons. The van der Waals surface area contributed by atoms with Crippen molar-refractivity contribution >= 4 is 32.2 Å². The third-order valence-corrected chi connectivity index (χ3v) is 5.87. The molecule has 10 heteroatoms. The number of anilines is 1. The Bertz CT molecular complexity index is 1090. The van der Waals surface area contributed by atoms with Gasteiger partial charge in [0.1, 0.15) is 5.75 Å². The second kappa shape index (κ2) is 7.95. The Labute approximate surface area is 166 Å². The predicted octanol–water partition coefficient (Wildman–Crippen LogP) is 4.31. The maximum absolute atomic E-state index is 12.6. The normalized spacial score (nSPS) is 11.4. The minimum Gasteiger partial charge on any atom is -0.491 e. The molecule has 0 atom stereocenters. The van der Waals surface area contributed by atoms with Gasteiger partial charge in [0, 0.05) is 17.0 Å². The zero-order valence-electron chi connectivity index (χ0n) is 15.0. The van der Waals surface area contributed by atoms with E-state index in [-0.39, 0.29) is 11.2 Å². The van der Waals surface area contributed by atoms with Gasteiger partial charge in [-0.05, 0) is 44.2 Å². The Morgan fingerprint density at radius 3 is 2.46 bits per heavy atom. The molecule has 0 bridgehead atoms. The van der Waals surface area contributed by atoms with Crippen molar-refractivity contribution in [2.24, 2.45) is 0 Å². The number of sulfonamides is 1. The van der Waals surface area contributed by atoms with Crippen LogP contribution in [0, 0.1) is 10.1 Å². The summed E-state index contributed by atoms with van der Waals surface area (Å²) >= 11 is 1.09. The van der Waals surface area contributed by atoms with Crippen molar-refractivity contribution in [3.63, 3.8) is 0 Å². The summed E-state index contributed by atoms with van der Waals surface area (Å²) in [6.45, 7) is 3.87. The van der Waals surface area contributed by atoms with Crippen molar-refractivity contribution in [3.05, 3.63) is 64.0 Å². The van der Waals surface area contributed by atoms with Gasteiger partial charge in [0.25, 0.3) is 15.7 Å². The molecule has 0 aliphatic carbocycles. The van der Waals surface area contributed by atoms with Crippen LogP contribution < -0.4 is 9.46 Å². The number of hydrogen-bond donors (Lipinski definition) is 1. The SMILES string of the molecule is CC(C)Oc1ccc(-c2csc(NS(=O)(=O)c3ccccc3[N+](=O)[O-])n2)cc1. The number of para-hydroxylation sites is 1. The van der Waals surface area contributed by atoms with Crippen molar-refractivity contribution in [1.29, 1.82) is 0 Å². The molecule has 1 heterocycles. The first-order chi connectivity index (χ1) is 13.3. The van der Waals surface area contributed by atoms with E-state index in [2.05, 4.69) is 9.71 Å². The van der Waals surface area contributed by atoms with E-state index in [0.717, 1.165) is 28.7 Å². The average Bonchev–Trinajstić information content (AvgIpc) is 3.09. The molecule has 0 aliphatic heterocycles. The van der Waals surface area contributed by atoms with E-state index in [1.165, 1.54) is 18.2 Å². The lowest BCUT2D eigenvalue weighted by Crippen LogP contribution is -2.14. The summed E-state index contributed by atoms with van der Waals surface area (Å²) in [5.74, 6) is 0.728. The molecule has 3 rings (SSSR count). The number of benzene rings is 2. The quantitative estimate of drug-likeness (QED) is 0.451. The fourth-order valence-electron chi connectivity index (χ4n) is 2.43. The summed E-state index contributed by atoms with van der Waals surface area (Å²) in [6, 6.07) is 12.4. The lowest BCUT2D eigenvalue weighted by molar-refractivity contribution is -0.387. The number of aromatic nitrogens is 1.